The Morgan fingerprint density at radius 2 is 2.04 bits per heavy atom. The first-order chi connectivity index (χ1) is 13.3. The fourth-order valence-electron chi connectivity index (χ4n) is 2.69. The molecule has 1 heterocycles. The highest BCUT2D eigenvalue weighted by atomic mass is 32.2. The highest BCUT2D eigenvalue weighted by Crippen LogP contribution is 2.23. The summed E-state index contributed by atoms with van der Waals surface area (Å²) in [6, 6.07) is 11.7. The Bertz CT molecular complexity index is 1260. The molecule has 0 saturated carbocycles. The number of carbonyl (C=O) groups is 1. The maximum Gasteiger partial charge on any atom is 0.283 e. The van der Waals surface area contributed by atoms with Crippen molar-refractivity contribution in [2.45, 2.75) is 18.4 Å². The summed E-state index contributed by atoms with van der Waals surface area (Å²) in [5.41, 5.74) is 1.07. The van der Waals surface area contributed by atoms with Gasteiger partial charge in [-0.05, 0) is 37.3 Å². The van der Waals surface area contributed by atoms with Gasteiger partial charge in [-0.15, -0.1) is 6.42 Å². The number of hydrogen-bond acceptors (Lipinski definition) is 5. The summed E-state index contributed by atoms with van der Waals surface area (Å²) in [5.74, 6) is 2.55. The number of fused-ring (bicyclic) bond motifs is 1. The van der Waals surface area contributed by atoms with Gasteiger partial charge in [0.1, 0.15) is 5.75 Å². The number of rotatable bonds is 5. The summed E-state index contributed by atoms with van der Waals surface area (Å²) < 4.78 is 31.6. The van der Waals surface area contributed by atoms with Crippen LogP contribution in [-0.2, 0) is 16.4 Å². The van der Waals surface area contributed by atoms with Crippen molar-refractivity contribution in [3.63, 3.8) is 0 Å². The van der Waals surface area contributed by atoms with Crippen LogP contribution in [0.4, 0.5) is 0 Å². The number of aromatic nitrogens is 1. The Hall–Kier alpha value is -2.89. The maximum atomic E-state index is 12.8. The molecule has 0 N–H and O–H groups in total. The number of amides is 1. The third kappa shape index (κ3) is 4.01. The van der Waals surface area contributed by atoms with E-state index in [1.165, 1.54) is 17.4 Å². The van der Waals surface area contributed by atoms with Crippen molar-refractivity contribution in [2.24, 2.45) is 4.99 Å². The largest absolute Gasteiger partial charge is 0.493 e. The first kappa shape index (κ1) is 19.9. The lowest BCUT2D eigenvalue weighted by atomic mass is 10.2. The van der Waals surface area contributed by atoms with Gasteiger partial charge < -0.3 is 9.30 Å². The van der Waals surface area contributed by atoms with Gasteiger partial charge >= 0.3 is 0 Å². The van der Waals surface area contributed by atoms with Gasteiger partial charge in [0, 0.05) is 6.26 Å². The third-order valence-corrected chi connectivity index (χ3v) is 6.10. The van der Waals surface area contributed by atoms with Gasteiger partial charge in [0.05, 0.1) is 33.8 Å². The zero-order valence-electron chi connectivity index (χ0n) is 15.4. The number of para-hydroxylation sites is 1. The molecule has 0 aliphatic rings. The van der Waals surface area contributed by atoms with Crippen LogP contribution in [0.5, 0.6) is 5.75 Å². The van der Waals surface area contributed by atoms with Crippen molar-refractivity contribution in [3.8, 4) is 18.1 Å². The molecular formula is C20H18N2O4S2. The van der Waals surface area contributed by atoms with Crippen LogP contribution in [0.3, 0.4) is 0 Å². The zero-order chi connectivity index (χ0) is 20.3. The lowest BCUT2D eigenvalue weighted by molar-refractivity contribution is 0.0994. The molecule has 3 aromatic rings. The maximum absolute atomic E-state index is 12.8. The van der Waals surface area contributed by atoms with Crippen LogP contribution in [0.2, 0.25) is 0 Å². The number of carbonyl (C=O) groups excluding carboxylic acids is 1. The summed E-state index contributed by atoms with van der Waals surface area (Å²) in [5, 5.41) is 0. The number of benzene rings is 2. The quantitative estimate of drug-likeness (QED) is 0.602. The van der Waals surface area contributed by atoms with Crippen molar-refractivity contribution in [3.05, 3.63) is 52.8 Å². The Morgan fingerprint density at radius 1 is 1.29 bits per heavy atom. The van der Waals surface area contributed by atoms with E-state index in [2.05, 4.69) is 10.9 Å². The van der Waals surface area contributed by atoms with E-state index in [0.29, 0.717) is 27.4 Å². The first-order valence-corrected chi connectivity index (χ1v) is 11.1. The topological polar surface area (TPSA) is 77.7 Å². The average molecular weight is 415 g/mol. The molecule has 3 rings (SSSR count). The van der Waals surface area contributed by atoms with Gasteiger partial charge in [-0.1, -0.05) is 29.4 Å². The number of nitrogens with zero attached hydrogens (tertiary/aromatic N) is 2. The number of terminal acetylenes is 1. The van der Waals surface area contributed by atoms with Crippen LogP contribution in [-0.4, -0.2) is 31.8 Å². The molecule has 28 heavy (non-hydrogen) atoms. The van der Waals surface area contributed by atoms with E-state index in [-0.39, 0.29) is 11.4 Å². The monoisotopic (exact) mass is 414 g/mol. The van der Waals surface area contributed by atoms with E-state index in [1.54, 1.807) is 41.0 Å². The van der Waals surface area contributed by atoms with Crippen LogP contribution < -0.4 is 9.54 Å². The molecule has 6 nitrogen and oxygen atoms in total. The molecule has 1 amide bonds. The fourth-order valence-corrected chi connectivity index (χ4v) is 4.47. The minimum atomic E-state index is -3.35. The molecule has 0 atom stereocenters. The molecule has 2 aromatic carbocycles. The Labute approximate surface area is 167 Å². The van der Waals surface area contributed by atoms with Crippen LogP contribution in [0.1, 0.15) is 17.3 Å². The minimum absolute atomic E-state index is 0.202. The van der Waals surface area contributed by atoms with Crippen molar-refractivity contribution < 1.29 is 17.9 Å². The average Bonchev–Trinajstić information content (AvgIpc) is 2.98. The highest BCUT2D eigenvalue weighted by molar-refractivity contribution is 7.90. The Balaban J connectivity index is 2.18. The second kappa shape index (κ2) is 8.00. The van der Waals surface area contributed by atoms with Crippen molar-refractivity contribution in [1.29, 1.82) is 0 Å². The fraction of sp³-hybridized carbons (Fsp3) is 0.200. The molecule has 0 aliphatic carbocycles. The first-order valence-electron chi connectivity index (χ1n) is 8.43. The molecular weight excluding hydrogens is 396 g/mol. The zero-order valence-corrected chi connectivity index (χ0v) is 17.0. The molecule has 0 aliphatic heterocycles. The number of ether oxygens (including phenoxy) is 1. The van der Waals surface area contributed by atoms with Crippen LogP contribution in [0.15, 0.2) is 52.4 Å². The summed E-state index contributed by atoms with van der Waals surface area (Å²) in [6.45, 7) is 2.47. The second-order valence-corrected chi connectivity index (χ2v) is 8.95. The van der Waals surface area contributed by atoms with Crippen LogP contribution in [0, 0.1) is 12.3 Å². The van der Waals surface area contributed by atoms with Crippen molar-refractivity contribution >= 4 is 37.3 Å². The molecule has 0 bridgehead atoms. The lowest BCUT2D eigenvalue weighted by Gasteiger charge is -2.06. The van der Waals surface area contributed by atoms with Crippen molar-refractivity contribution in [2.75, 3.05) is 12.9 Å². The van der Waals surface area contributed by atoms with E-state index in [0.717, 1.165) is 11.8 Å². The van der Waals surface area contributed by atoms with E-state index in [9.17, 15) is 13.2 Å². The molecule has 144 valence electrons. The smallest absolute Gasteiger partial charge is 0.283 e. The van der Waals surface area contributed by atoms with E-state index >= 15 is 0 Å². The summed E-state index contributed by atoms with van der Waals surface area (Å²) in [6.07, 6.45) is 6.63. The minimum Gasteiger partial charge on any atom is -0.493 e. The van der Waals surface area contributed by atoms with Crippen LogP contribution >= 0.6 is 11.3 Å². The molecule has 0 fully saturated rings. The molecule has 0 saturated heterocycles. The van der Waals surface area contributed by atoms with Crippen molar-refractivity contribution in [1.82, 2.24) is 4.57 Å². The standard InChI is InChI=1S/C20H18N2O4S2/c1-4-12-22-16-11-10-14(28(3,24)25)13-18(16)27-20(22)21-19(23)15-8-6-7-9-17(15)26-5-2/h1,6-11,13H,5,12H2,2-3H3. The number of hydrogen-bond donors (Lipinski definition) is 0. The number of thiazole rings is 1. The van der Waals surface area contributed by atoms with E-state index in [4.69, 9.17) is 11.2 Å². The van der Waals surface area contributed by atoms with E-state index in [1.807, 2.05) is 6.92 Å². The predicted octanol–water partition coefficient (Wildman–Crippen LogP) is 2.88. The van der Waals surface area contributed by atoms with Gasteiger partial charge in [-0.25, -0.2) is 8.42 Å². The SMILES string of the molecule is C#CCn1c(=NC(=O)c2ccccc2OCC)sc2cc(S(C)(=O)=O)ccc21. The lowest BCUT2D eigenvalue weighted by Crippen LogP contribution is -2.16. The molecule has 0 unspecified atom stereocenters. The third-order valence-electron chi connectivity index (χ3n) is 3.95. The normalized spacial score (nSPS) is 12.1. The molecule has 1 aromatic heterocycles. The Kier molecular flexibility index (Phi) is 5.68. The van der Waals surface area contributed by atoms with Gasteiger partial charge in [-0.3, -0.25) is 4.79 Å². The molecule has 8 heteroatoms. The summed E-state index contributed by atoms with van der Waals surface area (Å²) >= 11 is 1.21. The number of sulfone groups is 1. The summed E-state index contributed by atoms with van der Waals surface area (Å²) in [7, 11) is -3.35. The van der Waals surface area contributed by atoms with Gasteiger partial charge in [0.2, 0.25) is 0 Å². The van der Waals surface area contributed by atoms with Crippen LogP contribution in [0.25, 0.3) is 10.2 Å². The van der Waals surface area contributed by atoms with Gasteiger partial charge in [-0.2, -0.15) is 4.99 Å². The van der Waals surface area contributed by atoms with Gasteiger partial charge in [0.15, 0.2) is 14.6 Å². The predicted molar refractivity (Wildman–Crippen MR) is 109 cm³/mol. The second-order valence-electron chi connectivity index (χ2n) is 5.92. The molecule has 0 spiro atoms. The van der Waals surface area contributed by atoms with E-state index < -0.39 is 15.7 Å². The molecule has 0 radical (unpaired) electrons. The summed E-state index contributed by atoms with van der Waals surface area (Å²) in [4.78, 5) is 17.6. The van der Waals surface area contributed by atoms with Gasteiger partial charge in [0.25, 0.3) is 5.91 Å². The Morgan fingerprint density at radius 3 is 2.71 bits per heavy atom. The highest BCUT2D eigenvalue weighted by Gasteiger charge is 2.15.